The largest absolute Gasteiger partial charge is 0.423 e. The topological polar surface area (TPSA) is 65.0 Å². The number of carbonyl (C=O) groups excluding carboxylic acids is 2. The lowest BCUT2D eigenvalue weighted by atomic mass is 10.2. The van der Waals surface area contributed by atoms with Crippen LogP contribution in [0.2, 0.25) is 5.02 Å². The Morgan fingerprint density at radius 3 is 2.45 bits per heavy atom. The molecular weight excluding hydrogens is 390 g/mol. The summed E-state index contributed by atoms with van der Waals surface area (Å²) in [6.45, 7) is 0. The van der Waals surface area contributed by atoms with Crippen LogP contribution in [0.15, 0.2) is 89.6 Å². The van der Waals surface area contributed by atoms with Crippen LogP contribution in [0.25, 0.3) is 6.08 Å². The van der Waals surface area contributed by atoms with Crippen molar-refractivity contribution in [3.63, 3.8) is 0 Å². The minimum atomic E-state index is -0.542. The van der Waals surface area contributed by atoms with Gasteiger partial charge in [0.25, 0.3) is 0 Å². The molecule has 1 heterocycles. The first-order chi connectivity index (χ1) is 14.1. The number of halogens is 1. The van der Waals surface area contributed by atoms with Gasteiger partial charge < -0.3 is 9.47 Å². The lowest BCUT2D eigenvalue weighted by Crippen LogP contribution is -2.07. The molecule has 0 bridgehead atoms. The van der Waals surface area contributed by atoms with Gasteiger partial charge in [-0.2, -0.15) is 0 Å². The maximum Gasteiger partial charge on any atom is 0.363 e. The third kappa shape index (κ3) is 4.42. The molecule has 142 valence electrons. The highest BCUT2D eigenvalue weighted by atomic mass is 35.5. The van der Waals surface area contributed by atoms with Crippen LogP contribution in [0.3, 0.4) is 0 Å². The van der Waals surface area contributed by atoms with Gasteiger partial charge in [-0.05, 0) is 54.1 Å². The molecule has 0 amide bonds. The van der Waals surface area contributed by atoms with E-state index < -0.39 is 11.9 Å². The zero-order chi connectivity index (χ0) is 20.2. The van der Waals surface area contributed by atoms with Crippen LogP contribution >= 0.6 is 11.6 Å². The summed E-state index contributed by atoms with van der Waals surface area (Å²) >= 11 is 5.97. The number of carbonyl (C=O) groups is 2. The third-order valence-corrected chi connectivity index (χ3v) is 4.33. The summed E-state index contributed by atoms with van der Waals surface area (Å²) in [6.07, 6.45) is 1.60. The molecule has 0 radical (unpaired) electrons. The molecule has 0 N–H and O–H groups in total. The fourth-order valence-electron chi connectivity index (χ4n) is 2.68. The minimum Gasteiger partial charge on any atom is -0.423 e. The van der Waals surface area contributed by atoms with Crippen molar-refractivity contribution in [1.82, 2.24) is 0 Å². The molecule has 0 fully saturated rings. The summed E-state index contributed by atoms with van der Waals surface area (Å²) in [5.41, 5.74) is 1.98. The summed E-state index contributed by atoms with van der Waals surface area (Å²) in [5, 5.41) is 0.527. The van der Waals surface area contributed by atoms with Gasteiger partial charge in [0.15, 0.2) is 5.70 Å². The van der Waals surface area contributed by atoms with Crippen LogP contribution in [0.1, 0.15) is 21.5 Å². The van der Waals surface area contributed by atoms with Gasteiger partial charge in [0.1, 0.15) is 5.75 Å². The third-order valence-electron chi connectivity index (χ3n) is 4.10. The van der Waals surface area contributed by atoms with Crippen molar-refractivity contribution in [1.29, 1.82) is 0 Å². The summed E-state index contributed by atoms with van der Waals surface area (Å²) < 4.78 is 10.6. The van der Waals surface area contributed by atoms with Crippen LogP contribution in [0.4, 0.5) is 0 Å². The fourth-order valence-corrected chi connectivity index (χ4v) is 2.87. The van der Waals surface area contributed by atoms with Crippen molar-refractivity contribution in [3.05, 3.63) is 106 Å². The molecule has 5 nitrogen and oxygen atoms in total. The predicted octanol–water partition coefficient (Wildman–Crippen LogP) is 4.90. The van der Waals surface area contributed by atoms with Gasteiger partial charge in [-0.3, -0.25) is 0 Å². The highest BCUT2D eigenvalue weighted by Gasteiger charge is 2.24. The predicted molar refractivity (Wildman–Crippen MR) is 110 cm³/mol. The molecule has 0 saturated carbocycles. The summed E-state index contributed by atoms with van der Waals surface area (Å²) in [5.74, 6) is -0.373. The van der Waals surface area contributed by atoms with E-state index >= 15 is 0 Å². The Kier molecular flexibility index (Phi) is 5.22. The van der Waals surface area contributed by atoms with Crippen LogP contribution in [0.5, 0.6) is 5.75 Å². The molecule has 0 atom stereocenters. The number of benzene rings is 3. The Morgan fingerprint density at radius 1 is 0.966 bits per heavy atom. The van der Waals surface area contributed by atoms with Gasteiger partial charge in [-0.1, -0.05) is 48.0 Å². The summed E-state index contributed by atoms with van der Waals surface area (Å²) in [6, 6.07) is 22.4. The van der Waals surface area contributed by atoms with E-state index in [0.29, 0.717) is 27.5 Å². The van der Waals surface area contributed by atoms with E-state index in [1.807, 2.05) is 6.07 Å². The van der Waals surface area contributed by atoms with Crippen molar-refractivity contribution in [2.24, 2.45) is 4.99 Å². The number of ether oxygens (including phenoxy) is 2. The molecule has 1 aliphatic heterocycles. The SMILES string of the molecule is O=C1OC(c2cccc(Cl)c2)=N/C1=C\c1ccc(OC(=O)c2ccccc2)cc1. The van der Waals surface area contributed by atoms with Crippen molar-refractivity contribution in [2.75, 3.05) is 0 Å². The lowest BCUT2D eigenvalue weighted by Gasteiger charge is -2.04. The van der Waals surface area contributed by atoms with E-state index in [2.05, 4.69) is 4.99 Å². The Morgan fingerprint density at radius 2 is 1.72 bits per heavy atom. The van der Waals surface area contributed by atoms with E-state index in [9.17, 15) is 9.59 Å². The van der Waals surface area contributed by atoms with Crippen molar-refractivity contribution in [2.45, 2.75) is 0 Å². The normalized spacial score (nSPS) is 14.4. The average Bonchev–Trinajstić information content (AvgIpc) is 3.10. The number of esters is 2. The summed E-state index contributed by atoms with van der Waals surface area (Å²) in [4.78, 5) is 28.5. The smallest absolute Gasteiger partial charge is 0.363 e. The van der Waals surface area contributed by atoms with Crippen LogP contribution in [-0.4, -0.2) is 17.8 Å². The molecular formula is C23H14ClNO4. The quantitative estimate of drug-likeness (QED) is 0.353. The number of nitrogens with zero attached hydrogens (tertiary/aromatic N) is 1. The first kappa shape index (κ1) is 18.7. The molecule has 4 rings (SSSR count). The van der Waals surface area contributed by atoms with E-state index in [4.69, 9.17) is 21.1 Å². The van der Waals surface area contributed by atoms with Gasteiger partial charge >= 0.3 is 11.9 Å². The minimum absolute atomic E-state index is 0.175. The second-order valence-electron chi connectivity index (χ2n) is 6.17. The number of hydrogen-bond acceptors (Lipinski definition) is 5. The Balaban J connectivity index is 1.50. The Hall–Kier alpha value is -3.70. The van der Waals surface area contributed by atoms with E-state index in [0.717, 1.165) is 0 Å². The standard InChI is InChI=1S/C23H14ClNO4/c24-18-8-4-7-17(14-18)21-25-20(23(27)29-21)13-15-9-11-19(12-10-15)28-22(26)16-5-2-1-3-6-16/h1-14H/b20-13-. The van der Waals surface area contributed by atoms with Gasteiger partial charge in [-0.25, -0.2) is 14.6 Å². The first-order valence-electron chi connectivity index (χ1n) is 8.74. The first-order valence-corrected chi connectivity index (χ1v) is 9.12. The van der Waals surface area contributed by atoms with E-state index in [-0.39, 0.29) is 11.6 Å². The van der Waals surface area contributed by atoms with Crippen molar-refractivity contribution >= 4 is 35.5 Å². The maximum atomic E-state index is 12.1. The zero-order valence-electron chi connectivity index (χ0n) is 15.0. The highest BCUT2D eigenvalue weighted by molar-refractivity contribution is 6.31. The molecule has 1 aliphatic rings. The van der Waals surface area contributed by atoms with Gasteiger partial charge in [0.05, 0.1) is 5.56 Å². The van der Waals surface area contributed by atoms with Gasteiger partial charge in [0.2, 0.25) is 5.90 Å². The molecule has 29 heavy (non-hydrogen) atoms. The molecule has 0 saturated heterocycles. The zero-order valence-corrected chi connectivity index (χ0v) is 15.8. The Labute approximate surface area is 171 Å². The molecule has 0 spiro atoms. The number of cyclic esters (lactones) is 1. The lowest BCUT2D eigenvalue weighted by molar-refractivity contribution is -0.129. The monoisotopic (exact) mass is 403 g/mol. The highest BCUT2D eigenvalue weighted by Crippen LogP contribution is 2.22. The van der Waals surface area contributed by atoms with E-state index in [1.165, 1.54) is 0 Å². The number of aliphatic imine (C=N–C) groups is 1. The van der Waals surface area contributed by atoms with Crippen LogP contribution < -0.4 is 4.74 Å². The van der Waals surface area contributed by atoms with E-state index in [1.54, 1.807) is 78.9 Å². The number of hydrogen-bond donors (Lipinski definition) is 0. The Bertz CT molecular complexity index is 1140. The van der Waals surface area contributed by atoms with Gasteiger partial charge in [-0.15, -0.1) is 0 Å². The second-order valence-corrected chi connectivity index (χ2v) is 6.61. The maximum absolute atomic E-state index is 12.1. The molecule has 6 heteroatoms. The van der Waals surface area contributed by atoms with Crippen LogP contribution in [-0.2, 0) is 9.53 Å². The van der Waals surface area contributed by atoms with Gasteiger partial charge in [0, 0.05) is 10.6 Å². The van der Waals surface area contributed by atoms with Crippen molar-refractivity contribution < 1.29 is 19.1 Å². The second kappa shape index (κ2) is 8.12. The number of rotatable bonds is 4. The molecule has 0 aliphatic carbocycles. The fraction of sp³-hybridized carbons (Fsp3) is 0. The molecule has 0 unspecified atom stereocenters. The van der Waals surface area contributed by atoms with Crippen molar-refractivity contribution in [3.8, 4) is 5.75 Å². The summed E-state index contributed by atoms with van der Waals surface area (Å²) in [7, 11) is 0. The average molecular weight is 404 g/mol. The molecule has 3 aromatic rings. The van der Waals surface area contributed by atoms with Crippen LogP contribution in [0, 0.1) is 0 Å². The molecule has 3 aromatic carbocycles. The molecule has 0 aromatic heterocycles.